The molecule has 1 aromatic carbocycles. The van der Waals surface area contributed by atoms with Gasteiger partial charge in [-0.3, -0.25) is 0 Å². The van der Waals surface area contributed by atoms with E-state index in [1.54, 1.807) is 4.52 Å². The molecular formula is C16H18N6. The van der Waals surface area contributed by atoms with Crippen molar-refractivity contribution < 1.29 is 0 Å². The summed E-state index contributed by atoms with van der Waals surface area (Å²) in [5, 5.41) is 7.64. The molecular weight excluding hydrogens is 276 g/mol. The van der Waals surface area contributed by atoms with Gasteiger partial charge in [-0.1, -0.05) is 18.2 Å². The summed E-state index contributed by atoms with van der Waals surface area (Å²) in [5.41, 5.74) is 9.83. The van der Waals surface area contributed by atoms with Gasteiger partial charge < -0.3 is 16.0 Å². The first kappa shape index (κ1) is 13.1. The third-order valence-electron chi connectivity index (χ3n) is 4.02. The van der Waals surface area contributed by atoms with Crippen molar-refractivity contribution in [2.75, 3.05) is 36.8 Å². The maximum absolute atomic E-state index is 5.70. The number of hydrogen-bond acceptors (Lipinski definition) is 5. The van der Waals surface area contributed by atoms with E-state index < -0.39 is 0 Å². The second-order valence-corrected chi connectivity index (χ2v) is 5.43. The van der Waals surface area contributed by atoms with E-state index in [9.17, 15) is 0 Å². The van der Waals surface area contributed by atoms with Crippen molar-refractivity contribution >= 4 is 17.3 Å². The van der Waals surface area contributed by atoms with Crippen LogP contribution in [0, 0.1) is 0 Å². The van der Waals surface area contributed by atoms with E-state index in [2.05, 4.69) is 44.6 Å². The molecule has 1 aliphatic heterocycles. The molecule has 0 saturated carbocycles. The molecule has 0 radical (unpaired) electrons. The third kappa shape index (κ3) is 2.27. The number of fused-ring (bicyclic) bond motifs is 1. The predicted octanol–water partition coefficient (Wildman–Crippen LogP) is 1.39. The zero-order chi connectivity index (χ0) is 14.9. The summed E-state index contributed by atoms with van der Waals surface area (Å²) < 4.78 is 1.79. The number of benzene rings is 1. The summed E-state index contributed by atoms with van der Waals surface area (Å²) in [7, 11) is 0. The quantitative estimate of drug-likeness (QED) is 0.747. The minimum atomic E-state index is 0.296. The molecule has 3 aromatic rings. The molecule has 6 heteroatoms. The summed E-state index contributed by atoms with van der Waals surface area (Å²) in [4.78, 5) is 6.60. The number of piperazine rings is 1. The van der Waals surface area contributed by atoms with Gasteiger partial charge in [0.05, 0.1) is 5.69 Å². The fraction of sp³-hybridized carbons (Fsp3) is 0.250. The van der Waals surface area contributed by atoms with E-state index >= 15 is 0 Å². The topological polar surface area (TPSA) is 71.5 Å². The van der Waals surface area contributed by atoms with Gasteiger partial charge in [0.1, 0.15) is 0 Å². The van der Waals surface area contributed by atoms with E-state index in [0.717, 1.165) is 43.1 Å². The SMILES string of the molecule is Nc1nc2cccc(-c3ccc(N4CCNCC4)cc3)n2n1. The van der Waals surface area contributed by atoms with Crippen LogP contribution in [0.5, 0.6) is 0 Å². The molecule has 0 amide bonds. The molecule has 0 unspecified atom stereocenters. The lowest BCUT2D eigenvalue weighted by Crippen LogP contribution is -2.43. The maximum Gasteiger partial charge on any atom is 0.240 e. The summed E-state index contributed by atoms with van der Waals surface area (Å²) in [6.07, 6.45) is 0. The van der Waals surface area contributed by atoms with Gasteiger partial charge in [0.15, 0.2) is 5.65 Å². The number of nitrogen functional groups attached to an aromatic ring is 1. The lowest BCUT2D eigenvalue weighted by molar-refractivity contribution is 0.589. The van der Waals surface area contributed by atoms with Crippen molar-refractivity contribution in [2.24, 2.45) is 0 Å². The normalized spacial score (nSPS) is 15.4. The molecule has 1 aliphatic rings. The van der Waals surface area contributed by atoms with E-state index in [1.807, 2.05) is 18.2 Å². The summed E-state index contributed by atoms with van der Waals surface area (Å²) >= 11 is 0. The molecule has 1 saturated heterocycles. The second kappa shape index (κ2) is 5.31. The van der Waals surface area contributed by atoms with Crippen molar-refractivity contribution in [1.29, 1.82) is 0 Å². The molecule has 22 heavy (non-hydrogen) atoms. The van der Waals surface area contributed by atoms with Gasteiger partial charge in [-0.05, 0) is 24.3 Å². The van der Waals surface area contributed by atoms with Crippen molar-refractivity contribution in [3.8, 4) is 11.3 Å². The number of aromatic nitrogens is 3. The molecule has 2 aromatic heterocycles. The Morgan fingerprint density at radius 2 is 1.77 bits per heavy atom. The largest absolute Gasteiger partial charge is 0.369 e. The Kier molecular flexibility index (Phi) is 3.16. The van der Waals surface area contributed by atoms with Crippen LogP contribution < -0.4 is 16.0 Å². The first-order valence-corrected chi connectivity index (χ1v) is 7.49. The average molecular weight is 294 g/mol. The van der Waals surface area contributed by atoms with E-state index in [4.69, 9.17) is 5.73 Å². The van der Waals surface area contributed by atoms with Crippen LogP contribution in [0.2, 0.25) is 0 Å². The molecule has 3 heterocycles. The van der Waals surface area contributed by atoms with Gasteiger partial charge in [-0.2, -0.15) is 4.98 Å². The molecule has 112 valence electrons. The van der Waals surface area contributed by atoms with E-state index in [-0.39, 0.29) is 0 Å². The zero-order valence-electron chi connectivity index (χ0n) is 12.2. The number of nitrogens with two attached hydrogens (primary N) is 1. The molecule has 0 bridgehead atoms. The van der Waals surface area contributed by atoms with Crippen LogP contribution in [0.1, 0.15) is 0 Å². The summed E-state index contributed by atoms with van der Waals surface area (Å²) in [6.45, 7) is 4.18. The van der Waals surface area contributed by atoms with Crippen LogP contribution in [0.3, 0.4) is 0 Å². The Hall–Kier alpha value is -2.60. The minimum Gasteiger partial charge on any atom is -0.369 e. The van der Waals surface area contributed by atoms with Gasteiger partial charge in [-0.15, -0.1) is 5.10 Å². The van der Waals surface area contributed by atoms with Crippen molar-refractivity contribution in [3.63, 3.8) is 0 Å². The molecule has 4 rings (SSSR count). The van der Waals surface area contributed by atoms with Gasteiger partial charge in [0.25, 0.3) is 0 Å². The number of pyridine rings is 1. The highest BCUT2D eigenvalue weighted by atomic mass is 15.3. The third-order valence-corrected chi connectivity index (χ3v) is 4.02. The summed E-state index contributed by atoms with van der Waals surface area (Å²) in [5.74, 6) is 0.296. The standard InChI is InChI=1S/C16H18N6/c17-16-19-15-3-1-2-14(22(15)20-16)12-4-6-13(7-5-12)21-10-8-18-9-11-21/h1-7,18H,8-11H2,(H2,17,20). The predicted molar refractivity (Wildman–Crippen MR) is 87.9 cm³/mol. The van der Waals surface area contributed by atoms with Gasteiger partial charge in [0.2, 0.25) is 5.95 Å². The van der Waals surface area contributed by atoms with Crippen molar-refractivity contribution in [3.05, 3.63) is 42.5 Å². The molecule has 0 atom stereocenters. The first-order valence-electron chi connectivity index (χ1n) is 7.49. The number of anilines is 2. The van der Waals surface area contributed by atoms with E-state index in [0.29, 0.717) is 5.95 Å². The van der Waals surface area contributed by atoms with Crippen LogP contribution >= 0.6 is 0 Å². The number of nitrogens with one attached hydrogen (secondary N) is 1. The van der Waals surface area contributed by atoms with Crippen LogP contribution in [-0.2, 0) is 0 Å². The fourth-order valence-electron chi connectivity index (χ4n) is 2.91. The Labute approximate surface area is 128 Å². The zero-order valence-corrected chi connectivity index (χ0v) is 12.2. The molecule has 0 spiro atoms. The maximum atomic E-state index is 5.70. The Bertz CT molecular complexity index is 786. The van der Waals surface area contributed by atoms with Crippen LogP contribution in [0.4, 0.5) is 11.6 Å². The van der Waals surface area contributed by atoms with Crippen LogP contribution in [0.25, 0.3) is 16.9 Å². The highest BCUT2D eigenvalue weighted by Crippen LogP contribution is 2.24. The number of hydrogen-bond donors (Lipinski definition) is 2. The molecule has 3 N–H and O–H groups in total. The molecule has 1 fully saturated rings. The highest BCUT2D eigenvalue weighted by molar-refractivity contribution is 5.66. The Morgan fingerprint density at radius 3 is 2.55 bits per heavy atom. The lowest BCUT2D eigenvalue weighted by Gasteiger charge is -2.29. The second-order valence-electron chi connectivity index (χ2n) is 5.43. The summed E-state index contributed by atoms with van der Waals surface area (Å²) in [6, 6.07) is 14.5. The molecule has 6 nitrogen and oxygen atoms in total. The first-order chi connectivity index (χ1) is 10.8. The lowest BCUT2D eigenvalue weighted by atomic mass is 10.1. The van der Waals surface area contributed by atoms with Gasteiger partial charge in [0, 0.05) is 37.4 Å². The van der Waals surface area contributed by atoms with Gasteiger partial charge >= 0.3 is 0 Å². The van der Waals surface area contributed by atoms with Crippen LogP contribution in [0.15, 0.2) is 42.5 Å². The monoisotopic (exact) mass is 294 g/mol. The molecule has 0 aliphatic carbocycles. The number of rotatable bonds is 2. The number of nitrogens with zero attached hydrogens (tertiary/aromatic N) is 4. The van der Waals surface area contributed by atoms with E-state index in [1.165, 1.54) is 5.69 Å². The smallest absolute Gasteiger partial charge is 0.240 e. The van der Waals surface area contributed by atoms with Crippen molar-refractivity contribution in [2.45, 2.75) is 0 Å². The Balaban J connectivity index is 1.69. The van der Waals surface area contributed by atoms with Crippen molar-refractivity contribution in [1.82, 2.24) is 19.9 Å². The Morgan fingerprint density at radius 1 is 1.00 bits per heavy atom. The fourth-order valence-corrected chi connectivity index (χ4v) is 2.91. The van der Waals surface area contributed by atoms with Crippen LogP contribution in [-0.4, -0.2) is 40.8 Å². The highest BCUT2D eigenvalue weighted by Gasteiger charge is 2.11. The average Bonchev–Trinajstić information content (AvgIpc) is 2.96. The minimum absolute atomic E-state index is 0.296. The van der Waals surface area contributed by atoms with Gasteiger partial charge in [-0.25, -0.2) is 4.52 Å².